The van der Waals surface area contributed by atoms with Crippen LogP contribution in [0.3, 0.4) is 0 Å². The predicted molar refractivity (Wildman–Crippen MR) is 66.5 cm³/mol. The fourth-order valence-corrected chi connectivity index (χ4v) is 2.45. The smallest absolute Gasteiger partial charge is 0.303 e. The van der Waals surface area contributed by atoms with Crippen molar-refractivity contribution in [1.82, 2.24) is 0 Å². The molecule has 0 heterocycles. The van der Waals surface area contributed by atoms with Gasteiger partial charge in [0.2, 0.25) is 10.0 Å². The summed E-state index contributed by atoms with van der Waals surface area (Å²) >= 11 is 0. The van der Waals surface area contributed by atoms with Gasteiger partial charge in [0.15, 0.2) is 0 Å². The number of sulfonamides is 1. The molecule has 0 unspecified atom stereocenters. The summed E-state index contributed by atoms with van der Waals surface area (Å²) in [5.74, 6) is -0.812. The minimum atomic E-state index is -3.74. The Balaban J connectivity index is 2.55. The highest BCUT2D eigenvalue weighted by molar-refractivity contribution is 7.89. The third kappa shape index (κ3) is 4.85. The van der Waals surface area contributed by atoms with E-state index in [0.717, 1.165) is 12.8 Å². The van der Waals surface area contributed by atoms with Gasteiger partial charge in [0.1, 0.15) is 0 Å². The molecule has 0 aliphatic carbocycles. The predicted octanol–water partition coefficient (Wildman–Crippen LogP) is 1.32. The Morgan fingerprint density at radius 1 is 1.33 bits per heavy atom. The normalized spacial score (nSPS) is 11.4. The second kappa shape index (κ2) is 6.51. The minimum absolute atomic E-state index is 0.0308. The maximum Gasteiger partial charge on any atom is 0.303 e. The van der Waals surface area contributed by atoms with E-state index >= 15 is 0 Å². The summed E-state index contributed by atoms with van der Waals surface area (Å²) < 4.78 is 22.6. The van der Waals surface area contributed by atoms with E-state index in [1.807, 2.05) is 0 Å². The average molecular weight is 270 g/mol. The summed E-state index contributed by atoms with van der Waals surface area (Å²) in [6, 6.07) is 7.55. The summed E-state index contributed by atoms with van der Waals surface area (Å²) in [5.41, 5.74) is 0.635. The molecule has 99 valence electrons. The van der Waals surface area contributed by atoms with Gasteiger partial charge in [-0.05, 0) is 24.8 Å². The number of aliphatic carboxylic acids is 1. The summed E-state index contributed by atoms with van der Waals surface area (Å²) in [6.07, 6.45) is 2.77. The van der Waals surface area contributed by atoms with Gasteiger partial charge >= 0.3 is 5.97 Å². The molecule has 1 aromatic carbocycles. The molecule has 5 nitrogen and oxygen atoms in total. The lowest BCUT2D eigenvalue weighted by molar-refractivity contribution is -0.137. The lowest BCUT2D eigenvalue weighted by Gasteiger charge is -2.06. The molecule has 0 aliphatic heterocycles. The molecule has 1 radical (unpaired) electrons. The molecule has 0 spiro atoms. The SMILES string of the molecule is NS(=O)(=O)c1[c]cccc1CCCCCC(=O)O. The minimum Gasteiger partial charge on any atom is -0.481 e. The molecule has 1 rings (SSSR count). The number of carbonyl (C=O) groups is 1. The average Bonchev–Trinajstić information content (AvgIpc) is 2.27. The molecule has 0 aliphatic rings. The van der Waals surface area contributed by atoms with Crippen molar-refractivity contribution in [3.63, 3.8) is 0 Å². The number of hydrogen-bond acceptors (Lipinski definition) is 3. The van der Waals surface area contributed by atoms with E-state index in [0.29, 0.717) is 18.4 Å². The largest absolute Gasteiger partial charge is 0.481 e. The number of carboxylic acids is 1. The molecule has 18 heavy (non-hydrogen) atoms. The summed E-state index contributed by atoms with van der Waals surface area (Å²) in [4.78, 5) is 10.3. The summed E-state index contributed by atoms with van der Waals surface area (Å²) in [6.45, 7) is 0. The van der Waals surface area contributed by atoms with Gasteiger partial charge in [0.25, 0.3) is 0 Å². The van der Waals surface area contributed by atoms with Crippen molar-refractivity contribution in [2.24, 2.45) is 5.14 Å². The highest BCUT2D eigenvalue weighted by atomic mass is 32.2. The van der Waals surface area contributed by atoms with E-state index in [4.69, 9.17) is 10.2 Å². The molecule has 0 bridgehead atoms. The number of primary sulfonamides is 1. The van der Waals surface area contributed by atoms with Crippen LogP contribution in [0.4, 0.5) is 0 Å². The van der Waals surface area contributed by atoms with Crippen LogP contribution in [-0.4, -0.2) is 19.5 Å². The molecule has 6 heteroatoms. The van der Waals surface area contributed by atoms with Gasteiger partial charge in [-0.25, -0.2) is 13.6 Å². The molecule has 0 fully saturated rings. The number of hydrogen-bond donors (Lipinski definition) is 2. The van der Waals surface area contributed by atoms with Crippen LogP contribution < -0.4 is 5.14 Å². The zero-order valence-electron chi connectivity index (χ0n) is 9.93. The Morgan fingerprint density at radius 2 is 2.06 bits per heavy atom. The Morgan fingerprint density at radius 3 is 2.67 bits per heavy atom. The third-order valence-corrected chi connectivity index (χ3v) is 3.47. The number of carboxylic acid groups (broad SMARTS) is 1. The van der Waals surface area contributed by atoms with Crippen LogP contribution in [0, 0.1) is 6.07 Å². The van der Waals surface area contributed by atoms with E-state index in [2.05, 4.69) is 6.07 Å². The topological polar surface area (TPSA) is 97.5 Å². The zero-order chi connectivity index (χ0) is 13.6. The van der Waals surface area contributed by atoms with Crippen LogP contribution in [0.1, 0.15) is 31.2 Å². The first-order chi connectivity index (χ1) is 8.41. The van der Waals surface area contributed by atoms with Crippen molar-refractivity contribution in [1.29, 1.82) is 0 Å². The highest BCUT2D eigenvalue weighted by Crippen LogP contribution is 2.16. The van der Waals surface area contributed by atoms with Crippen molar-refractivity contribution in [3.8, 4) is 0 Å². The monoisotopic (exact) mass is 270 g/mol. The fourth-order valence-electron chi connectivity index (χ4n) is 1.69. The van der Waals surface area contributed by atoms with E-state index in [-0.39, 0.29) is 11.3 Å². The van der Waals surface area contributed by atoms with E-state index < -0.39 is 16.0 Å². The first-order valence-corrected chi connectivity index (χ1v) is 7.20. The van der Waals surface area contributed by atoms with Crippen LogP contribution in [0.5, 0.6) is 0 Å². The lowest BCUT2D eigenvalue weighted by Crippen LogP contribution is -2.14. The van der Waals surface area contributed by atoms with Crippen molar-refractivity contribution < 1.29 is 18.3 Å². The quantitative estimate of drug-likeness (QED) is 0.730. The molecular weight excluding hydrogens is 254 g/mol. The summed E-state index contributed by atoms with van der Waals surface area (Å²) in [7, 11) is -3.74. The van der Waals surface area contributed by atoms with Gasteiger partial charge < -0.3 is 5.11 Å². The van der Waals surface area contributed by atoms with Gasteiger partial charge in [0, 0.05) is 12.5 Å². The van der Waals surface area contributed by atoms with E-state index in [1.165, 1.54) is 6.07 Å². The Labute approximate surface area is 107 Å². The fraction of sp³-hybridized carbons (Fsp3) is 0.417. The first kappa shape index (κ1) is 14.7. The van der Waals surface area contributed by atoms with Crippen LogP contribution in [0.15, 0.2) is 23.1 Å². The third-order valence-electron chi connectivity index (χ3n) is 2.52. The molecular formula is C12H16NO4S. The van der Waals surface area contributed by atoms with Crippen LogP contribution in [-0.2, 0) is 21.2 Å². The number of unbranched alkanes of at least 4 members (excludes halogenated alkanes) is 2. The number of nitrogens with two attached hydrogens (primary N) is 1. The maximum absolute atomic E-state index is 11.3. The van der Waals surface area contributed by atoms with Gasteiger partial charge in [-0.2, -0.15) is 0 Å². The number of benzene rings is 1. The Kier molecular flexibility index (Phi) is 5.30. The van der Waals surface area contributed by atoms with Crippen molar-refractivity contribution in [3.05, 3.63) is 29.8 Å². The molecule has 0 saturated carbocycles. The molecule has 0 amide bonds. The van der Waals surface area contributed by atoms with Crippen molar-refractivity contribution >= 4 is 16.0 Å². The van der Waals surface area contributed by atoms with Gasteiger partial charge in [0.05, 0.1) is 4.90 Å². The molecule has 3 N–H and O–H groups in total. The highest BCUT2D eigenvalue weighted by Gasteiger charge is 2.12. The van der Waals surface area contributed by atoms with Crippen molar-refractivity contribution in [2.75, 3.05) is 0 Å². The number of aryl methyl sites for hydroxylation is 1. The summed E-state index contributed by atoms with van der Waals surface area (Å²) in [5, 5.41) is 13.6. The van der Waals surface area contributed by atoms with Crippen LogP contribution in [0.2, 0.25) is 0 Å². The van der Waals surface area contributed by atoms with Crippen LogP contribution in [0.25, 0.3) is 0 Å². The maximum atomic E-state index is 11.3. The lowest BCUT2D eigenvalue weighted by atomic mass is 10.1. The Hall–Kier alpha value is -1.40. The van der Waals surface area contributed by atoms with Gasteiger partial charge in [-0.15, -0.1) is 0 Å². The molecule has 0 atom stereocenters. The Bertz CT molecular complexity index is 511. The molecule has 0 saturated heterocycles. The van der Waals surface area contributed by atoms with E-state index in [1.54, 1.807) is 12.1 Å². The van der Waals surface area contributed by atoms with E-state index in [9.17, 15) is 13.2 Å². The second-order valence-corrected chi connectivity index (χ2v) is 5.52. The second-order valence-electron chi connectivity index (χ2n) is 4.02. The van der Waals surface area contributed by atoms with Crippen LogP contribution >= 0.6 is 0 Å². The standard InChI is InChI=1S/C12H16NO4S/c13-18(16,17)11-8-5-4-7-10(11)6-2-1-3-9-12(14)15/h4-5,7H,1-3,6,9H2,(H,14,15)(H2,13,16,17). The number of rotatable bonds is 7. The molecule has 1 aromatic rings. The first-order valence-electron chi connectivity index (χ1n) is 5.65. The van der Waals surface area contributed by atoms with Gasteiger partial charge in [-0.3, -0.25) is 4.79 Å². The van der Waals surface area contributed by atoms with Crippen molar-refractivity contribution in [2.45, 2.75) is 37.0 Å². The van der Waals surface area contributed by atoms with Gasteiger partial charge in [-0.1, -0.05) is 24.6 Å². The zero-order valence-corrected chi connectivity index (χ0v) is 10.7. The molecule has 0 aromatic heterocycles.